The van der Waals surface area contributed by atoms with Gasteiger partial charge in [0.05, 0.1) is 0 Å². The number of rotatable bonds is 5. The monoisotopic (exact) mass is 229 g/mol. The summed E-state index contributed by atoms with van der Waals surface area (Å²) in [6, 6.07) is 1.74. The van der Waals surface area contributed by atoms with Crippen molar-refractivity contribution in [2.45, 2.75) is 52.6 Å². The minimum Gasteiger partial charge on any atom is -0.457 e. The Bertz CT molecular complexity index is 264. The fraction of sp³-hybridized carbons (Fsp3) is 0.818. The van der Waals surface area contributed by atoms with Crippen LogP contribution in [0.1, 0.15) is 34.6 Å². The highest BCUT2D eigenvalue weighted by atomic mass is 16.7. The second-order valence-electron chi connectivity index (χ2n) is 4.20. The van der Waals surface area contributed by atoms with E-state index in [1.165, 1.54) is 0 Å². The van der Waals surface area contributed by atoms with Crippen molar-refractivity contribution in [1.29, 1.82) is 5.26 Å². The summed E-state index contributed by atoms with van der Waals surface area (Å²) in [6.07, 6.45) is -1.86. The largest absolute Gasteiger partial charge is 0.457 e. The van der Waals surface area contributed by atoms with Crippen LogP contribution in [0.15, 0.2) is 0 Å². The number of ether oxygens (including phenoxy) is 3. The Kier molecular flexibility index (Phi) is 6.01. The van der Waals surface area contributed by atoms with E-state index in [9.17, 15) is 4.79 Å². The Labute approximate surface area is 96.3 Å². The molecule has 0 aliphatic heterocycles. The van der Waals surface area contributed by atoms with Gasteiger partial charge in [0.15, 0.2) is 6.29 Å². The molecule has 5 nitrogen and oxygen atoms in total. The zero-order valence-corrected chi connectivity index (χ0v) is 10.4. The summed E-state index contributed by atoms with van der Waals surface area (Å²) in [6.45, 7) is 9.06. The molecule has 0 aromatic heterocycles. The van der Waals surface area contributed by atoms with Crippen molar-refractivity contribution < 1.29 is 19.0 Å². The molecule has 0 saturated carbocycles. The van der Waals surface area contributed by atoms with Crippen LogP contribution in [0.4, 0.5) is 0 Å². The maximum atomic E-state index is 11.5. The molecule has 0 bridgehead atoms. The van der Waals surface area contributed by atoms with Crippen molar-refractivity contribution in [2.24, 2.45) is 0 Å². The quantitative estimate of drug-likeness (QED) is 0.529. The molecule has 92 valence electrons. The lowest BCUT2D eigenvalue weighted by molar-refractivity contribution is -0.186. The third-order valence-corrected chi connectivity index (χ3v) is 1.47. The number of esters is 1. The molecule has 0 radical (unpaired) electrons. The minimum absolute atomic E-state index is 0.452. The second-order valence-corrected chi connectivity index (χ2v) is 4.20. The van der Waals surface area contributed by atoms with Crippen LogP contribution in [0.25, 0.3) is 0 Å². The number of carbonyl (C=O) groups excluding carboxylic acids is 1. The van der Waals surface area contributed by atoms with E-state index >= 15 is 0 Å². The average Bonchev–Trinajstić information content (AvgIpc) is 2.11. The lowest BCUT2D eigenvalue weighted by atomic mass is 10.2. The minimum atomic E-state index is -1.25. The van der Waals surface area contributed by atoms with Crippen LogP contribution in [0.3, 0.4) is 0 Å². The van der Waals surface area contributed by atoms with E-state index in [0.29, 0.717) is 6.61 Å². The summed E-state index contributed by atoms with van der Waals surface area (Å²) in [5.41, 5.74) is -0.635. The summed E-state index contributed by atoms with van der Waals surface area (Å²) in [5, 5.41) is 8.78. The molecule has 0 aromatic rings. The van der Waals surface area contributed by atoms with Gasteiger partial charge in [0.1, 0.15) is 11.7 Å². The molecule has 0 aliphatic rings. The van der Waals surface area contributed by atoms with E-state index in [0.717, 1.165) is 0 Å². The highest BCUT2D eigenvalue weighted by Gasteiger charge is 2.27. The first kappa shape index (κ1) is 14.9. The molecular formula is C11H19NO4. The van der Waals surface area contributed by atoms with Crippen LogP contribution < -0.4 is 0 Å². The summed E-state index contributed by atoms with van der Waals surface area (Å²) in [5.74, 6) is -0.693. The van der Waals surface area contributed by atoms with Gasteiger partial charge in [-0.1, -0.05) is 0 Å². The van der Waals surface area contributed by atoms with Crippen LogP contribution >= 0.6 is 0 Å². The molecule has 0 amide bonds. The molecule has 0 rings (SSSR count). The molecular weight excluding hydrogens is 210 g/mol. The van der Waals surface area contributed by atoms with Crippen molar-refractivity contribution in [1.82, 2.24) is 0 Å². The van der Waals surface area contributed by atoms with E-state index in [1.807, 2.05) is 0 Å². The number of nitriles is 1. The summed E-state index contributed by atoms with van der Waals surface area (Å²) < 4.78 is 15.2. The molecule has 0 saturated heterocycles. The molecule has 0 fully saturated rings. The molecule has 0 N–H and O–H groups in total. The molecule has 0 heterocycles. The maximum absolute atomic E-state index is 11.5. The highest BCUT2D eigenvalue weighted by Crippen LogP contribution is 2.10. The summed E-state index contributed by atoms with van der Waals surface area (Å²) >= 11 is 0. The lowest BCUT2D eigenvalue weighted by Crippen LogP contribution is -2.35. The van der Waals surface area contributed by atoms with Crippen molar-refractivity contribution >= 4 is 5.97 Å². The number of nitrogens with zero attached hydrogens (tertiary/aromatic N) is 1. The van der Waals surface area contributed by atoms with Crippen LogP contribution in [-0.2, 0) is 19.0 Å². The van der Waals surface area contributed by atoms with E-state index in [4.69, 9.17) is 19.5 Å². The van der Waals surface area contributed by atoms with E-state index in [1.54, 1.807) is 40.7 Å². The zero-order valence-electron chi connectivity index (χ0n) is 10.4. The third kappa shape index (κ3) is 6.38. The van der Waals surface area contributed by atoms with Crippen LogP contribution in [-0.4, -0.2) is 30.6 Å². The molecule has 0 aliphatic carbocycles. The topological polar surface area (TPSA) is 68.5 Å². The Morgan fingerprint density at radius 1 is 1.44 bits per heavy atom. The Hall–Kier alpha value is -1.12. The van der Waals surface area contributed by atoms with Gasteiger partial charge >= 0.3 is 5.97 Å². The predicted molar refractivity (Wildman–Crippen MR) is 57.4 cm³/mol. The second kappa shape index (κ2) is 6.46. The number of hydrogen-bond acceptors (Lipinski definition) is 5. The van der Waals surface area contributed by atoms with Gasteiger partial charge in [0.2, 0.25) is 6.10 Å². The number of hydrogen-bond donors (Lipinski definition) is 0. The summed E-state index contributed by atoms with van der Waals surface area (Å²) in [7, 11) is 0. The molecule has 5 heteroatoms. The Balaban J connectivity index is 4.29. The maximum Gasteiger partial charge on any atom is 0.350 e. The third-order valence-electron chi connectivity index (χ3n) is 1.47. The van der Waals surface area contributed by atoms with Crippen molar-refractivity contribution in [3.05, 3.63) is 0 Å². The normalized spacial score (nSPS) is 15.0. The van der Waals surface area contributed by atoms with Gasteiger partial charge in [-0.25, -0.2) is 4.79 Å². The average molecular weight is 229 g/mol. The standard InChI is InChI=1S/C11H19NO4/c1-6-14-8(2)15-9(7-12)10(13)16-11(3,4)5/h8-9H,6H2,1-5H3. The first-order chi connectivity index (χ1) is 7.30. The lowest BCUT2D eigenvalue weighted by Gasteiger charge is -2.22. The van der Waals surface area contributed by atoms with Gasteiger partial charge < -0.3 is 14.2 Å². The first-order valence-electron chi connectivity index (χ1n) is 5.19. The molecule has 0 spiro atoms. The fourth-order valence-electron chi connectivity index (χ4n) is 0.960. The van der Waals surface area contributed by atoms with Gasteiger partial charge in [-0.05, 0) is 34.6 Å². The van der Waals surface area contributed by atoms with E-state index < -0.39 is 24.0 Å². The number of carbonyl (C=O) groups is 1. The fourth-order valence-corrected chi connectivity index (χ4v) is 0.960. The van der Waals surface area contributed by atoms with Gasteiger partial charge in [-0.15, -0.1) is 0 Å². The van der Waals surface area contributed by atoms with Gasteiger partial charge in [-0.2, -0.15) is 5.26 Å². The smallest absolute Gasteiger partial charge is 0.350 e. The van der Waals surface area contributed by atoms with Gasteiger partial charge in [0.25, 0.3) is 0 Å². The van der Waals surface area contributed by atoms with E-state index in [2.05, 4.69) is 0 Å². The zero-order chi connectivity index (χ0) is 12.8. The van der Waals surface area contributed by atoms with Crippen LogP contribution in [0, 0.1) is 11.3 Å². The Morgan fingerprint density at radius 2 is 2.00 bits per heavy atom. The van der Waals surface area contributed by atoms with Crippen LogP contribution in [0.5, 0.6) is 0 Å². The van der Waals surface area contributed by atoms with Gasteiger partial charge in [-0.3, -0.25) is 0 Å². The predicted octanol–water partition coefficient (Wildman–Crippen LogP) is 1.62. The SMILES string of the molecule is CCOC(C)OC(C#N)C(=O)OC(C)(C)C. The molecule has 2 unspecified atom stereocenters. The highest BCUT2D eigenvalue weighted by molar-refractivity contribution is 5.78. The molecule has 0 aromatic carbocycles. The molecule has 2 atom stereocenters. The van der Waals surface area contributed by atoms with Crippen molar-refractivity contribution in [3.63, 3.8) is 0 Å². The van der Waals surface area contributed by atoms with Crippen molar-refractivity contribution in [3.8, 4) is 6.07 Å². The first-order valence-corrected chi connectivity index (χ1v) is 5.19. The van der Waals surface area contributed by atoms with Crippen LogP contribution in [0.2, 0.25) is 0 Å². The Morgan fingerprint density at radius 3 is 2.38 bits per heavy atom. The molecule has 16 heavy (non-hydrogen) atoms. The van der Waals surface area contributed by atoms with E-state index in [-0.39, 0.29) is 0 Å². The summed E-state index contributed by atoms with van der Waals surface area (Å²) in [4.78, 5) is 11.5. The van der Waals surface area contributed by atoms with Gasteiger partial charge in [0, 0.05) is 6.61 Å². The van der Waals surface area contributed by atoms with Crippen molar-refractivity contribution in [2.75, 3.05) is 6.61 Å².